The lowest BCUT2D eigenvalue weighted by Gasteiger charge is -2.23. The number of terminal acetylenes is 1. The molecule has 9 heteroatoms. The fourth-order valence-corrected chi connectivity index (χ4v) is 2.52. The van der Waals surface area contributed by atoms with E-state index in [2.05, 4.69) is 15.0 Å². The van der Waals surface area contributed by atoms with Gasteiger partial charge in [0, 0.05) is 0 Å². The van der Waals surface area contributed by atoms with E-state index in [4.69, 9.17) is 16.9 Å². The van der Waals surface area contributed by atoms with E-state index < -0.39 is 30.2 Å². The lowest BCUT2D eigenvalue weighted by molar-refractivity contribution is -0.0776. The molecule has 1 aliphatic heterocycles. The second kappa shape index (κ2) is 4.88. The van der Waals surface area contributed by atoms with Crippen molar-refractivity contribution in [3.05, 3.63) is 12.5 Å². The molecule has 22 heavy (non-hydrogen) atoms. The van der Waals surface area contributed by atoms with E-state index in [0.717, 1.165) is 0 Å². The second-order valence-corrected chi connectivity index (χ2v) is 5.14. The van der Waals surface area contributed by atoms with Crippen LogP contribution in [0.1, 0.15) is 13.2 Å². The standard InChI is InChI=1S/C13H14FN5O3/c1-3-13(14)9(21)8(6(2)20)22-11(13)19-5-17-7-4-16-12(15)18-10(7)19/h1,4-6,8-9,11,20-21H,2H3,(H2,15,16,18)/t6-,8+,9-,11+,13?/m0/s1. The Morgan fingerprint density at radius 1 is 1.59 bits per heavy atom. The number of alkyl halides is 1. The zero-order chi connectivity index (χ0) is 16.1. The summed E-state index contributed by atoms with van der Waals surface area (Å²) in [6.07, 6.45) is 2.52. The van der Waals surface area contributed by atoms with Gasteiger partial charge < -0.3 is 20.7 Å². The van der Waals surface area contributed by atoms with Crippen molar-refractivity contribution in [1.29, 1.82) is 0 Å². The van der Waals surface area contributed by atoms with E-state index in [1.54, 1.807) is 0 Å². The molecule has 116 valence electrons. The Morgan fingerprint density at radius 3 is 2.95 bits per heavy atom. The van der Waals surface area contributed by atoms with Crippen molar-refractivity contribution in [1.82, 2.24) is 19.5 Å². The number of nitrogen functional groups attached to an aromatic ring is 1. The maximum atomic E-state index is 15.1. The smallest absolute Gasteiger partial charge is 0.243 e. The first kappa shape index (κ1) is 14.6. The van der Waals surface area contributed by atoms with Crippen molar-refractivity contribution >= 4 is 17.1 Å². The van der Waals surface area contributed by atoms with Gasteiger partial charge in [0.15, 0.2) is 11.9 Å². The van der Waals surface area contributed by atoms with Gasteiger partial charge >= 0.3 is 0 Å². The van der Waals surface area contributed by atoms with Crippen LogP contribution in [0.15, 0.2) is 12.5 Å². The number of hydrogen-bond acceptors (Lipinski definition) is 7. The van der Waals surface area contributed by atoms with Gasteiger partial charge in [-0.25, -0.2) is 14.4 Å². The molecule has 0 amide bonds. The lowest BCUT2D eigenvalue weighted by Crippen LogP contribution is -2.43. The summed E-state index contributed by atoms with van der Waals surface area (Å²) in [5.74, 6) is 1.89. The topological polar surface area (TPSA) is 119 Å². The minimum atomic E-state index is -2.55. The first-order chi connectivity index (χ1) is 10.4. The number of aliphatic hydroxyl groups is 2. The molecule has 1 unspecified atom stereocenters. The summed E-state index contributed by atoms with van der Waals surface area (Å²) in [7, 11) is 0. The molecule has 4 N–H and O–H groups in total. The van der Waals surface area contributed by atoms with Crippen LogP contribution in [0.3, 0.4) is 0 Å². The van der Waals surface area contributed by atoms with Crippen LogP contribution in [-0.4, -0.2) is 53.7 Å². The third-order valence-corrected chi connectivity index (χ3v) is 3.67. The number of rotatable bonds is 2. The summed E-state index contributed by atoms with van der Waals surface area (Å²) in [6, 6.07) is 0. The average Bonchev–Trinajstić information content (AvgIpc) is 2.99. The fourth-order valence-electron chi connectivity index (χ4n) is 2.52. The van der Waals surface area contributed by atoms with Gasteiger partial charge in [0.05, 0.1) is 18.6 Å². The predicted octanol–water partition coefficient (Wildman–Crippen LogP) is -0.611. The number of fused-ring (bicyclic) bond motifs is 1. The first-order valence-corrected chi connectivity index (χ1v) is 6.52. The van der Waals surface area contributed by atoms with Crippen LogP contribution in [0, 0.1) is 12.3 Å². The van der Waals surface area contributed by atoms with E-state index in [1.165, 1.54) is 24.0 Å². The van der Waals surface area contributed by atoms with Crippen LogP contribution >= 0.6 is 0 Å². The molecular formula is C13H14FN5O3. The van der Waals surface area contributed by atoms with E-state index in [-0.39, 0.29) is 11.6 Å². The van der Waals surface area contributed by atoms with Gasteiger partial charge in [0.25, 0.3) is 0 Å². The maximum absolute atomic E-state index is 15.1. The quantitative estimate of drug-likeness (QED) is 0.633. The highest BCUT2D eigenvalue weighted by atomic mass is 19.1. The van der Waals surface area contributed by atoms with Crippen LogP contribution in [0.5, 0.6) is 0 Å². The molecule has 0 saturated carbocycles. The Morgan fingerprint density at radius 2 is 2.32 bits per heavy atom. The fraction of sp³-hybridized carbons (Fsp3) is 0.462. The number of aromatic nitrogens is 4. The molecule has 1 saturated heterocycles. The van der Waals surface area contributed by atoms with Gasteiger partial charge in [0.1, 0.15) is 17.7 Å². The van der Waals surface area contributed by atoms with Crippen LogP contribution < -0.4 is 5.73 Å². The zero-order valence-corrected chi connectivity index (χ0v) is 11.6. The Balaban J connectivity index is 2.13. The SMILES string of the molecule is C#CC1(F)[C@@H](O)[C@@H]([C@H](C)O)O[C@H]1n1cnc2cnc(N)nc21. The number of halogens is 1. The molecule has 3 rings (SSSR count). The van der Waals surface area contributed by atoms with E-state index in [1.807, 2.05) is 5.92 Å². The largest absolute Gasteiger partial charge is 0.391 e. The molecule has 0 bridgehead atoms. The van der Waals surface area contributed by atoms with Gasteiger partial charge in [-0.1, -0.05) is 5.92 Å². The summed E-state index contributed by atoms with van der Waals surface area (Å²) in [6.45, 7) is 1.37. The Kier molecular flexibility index (Phi) is 3.25. The normalized spacial score (nSPS) is 33.0. The third-order valence-electron chi connectivity index (χ3n) is 3.67. The van der Waals surface area contributed by atoms with Crippen molar-refractivity contribution < 1.29 is 19.3 Å². The Hall–Kier alpha value is -2.28. The predicted molar refractivity (Wildman–Crippen MR) is 74.0 cm³/mol. The summed E-state index contributed by atoms with van der Waals surface area (Å²) in [5, 5.41) is 19.7. The Labute approximate surface area is 124 Å². The van der Waals surface area contributed by atoms with Crippen LogP contribution in [0.25, 0.3) is 11.2 Å². The number of imidazole rings is 1. The summed E-state index contributed by atoms with van der Waals surface area (Å²) >= 11 is 0. The minimum absolute atomic E-state index is 0.0231. The van der Waals surface area contributed by atoms with E-state index >= 15 is 4.39 Å². The number of anilines is 1. The van der Waals surface area contributed by atoms with Gasteiger partial charge in [-0.2, -0.15) is 4.98 Å². The number of aliphatic hydroxyl groups excluding tert-OH is 2. The molecular weight excluding hydrogens is 293 g/mol. The van der Waals surface area contributed by atoms with Gasteiger partial charge in [-0.3, -0.25) is 4.57 Å². The van der Waals surface area contributed by atoms with E-state index in [9.17, 15) is 10.2 Å². The molecule has 5 atom stereocenters. The molecule has 0 aliphatic carbocycles. The second-order valence-electron chi connectivity index (χ2n) is 5.14. The van der Waals surface area contributed by atoms with Gasteiger partial charge in [0.2, 0.25) is 11.6 Å². The van der Waals surface area contributed by atoms with Crippen molar-refractivity contribution in [2.75, 3.05) is 5.73 Å². The van der Waals surface area contributed by atoms with Gasteiger partial charge in [-0.05, 0) is 6.92 Å². The maximum Gasteiger partial charge on any atom is 0.243 e. The minimum Gasteiger partial charge on any atom is -0.391 e. The molecule has 0 spiro atoms. The number of nitrogens with two attached hydrogens (primary N) is 1. The number of ether oxygens (including phenoxy) is 1. The molecule has 8 nitrogen and oxygen atoms in total. The van der Waals surface area contributed by atoms with Crippen molar-refractivity contribution in [3.8, 4) is 12.3 Å². The summed E-state index contributed by atoms with van der Waals surface area (Å²) in [5.41, 5.74) is 3.56. The Bertz CT molecular complexity index is 758. The number of nitrogens with zero attached hydrogens (tertiary/aromatic N) is 4. The summed E-state index contributed by atoms with van der Waals surface area (Å²) in [4.78, 5) is 11.8. The van der Waals surface area contributed by atoms with E-state index in [0.29, 0.717) is 5.52 Å². The monoisotopic (exact) mass is 307 g/mol. The molecule has 1 aliphatic rings. The highest BCUT2D eigenvalue weighted by Gasteiger charge is 2.59. The van der Waals surface area contributed by atoms with Gasteiger partial charge in [-0.15, -0.1) is 6.42 Å². The van der Waals surface area contributed by atoms with Crippen molar-refractivity contribution in [2.24, 2.45) is 0 Å². The summed E-state index contributed by atoms with van der Waals surface area (Å²) < 4.78 is 21.7. The third kappa shape index (κ3) is 1.93. The lowest BCUT2D eigenvalue weighted by atomic mass is 9.95. The highest BCUT2D eigenvalue weighted by Crippen LogP contribution is 2.43. The highest BCUT2D eigenvalue weighted by molar-refractivity contribution is 5.70. The number of hydrogen-bond donors (Lipinski definition) is 3. The van der Waals surface area contributed by atoms with Crippen LogP contribution in [0.4, 0.5) is 10.3 Å². The van der Waals surface area contributed by atoms with Crippen LogP contribution in [-0.2, 0) is 4.74 Å². The molecule has 0 aromatic carbocycles. The molecule has 2 aromatic heterocycles. The first-order valence-electron chi connectivity index (χ1n) is 6.52. The molecule has 0 radical (unpaired) electrons. The average molecular weight is 307 g/mol. The van der Waals surface area contributed by atoms with Crippen LogP contribution in [0.2, 0.25) is 0 Å². The molecule has 3 heterocycles. The van der Waals surface area contributed by atoms with Crippen molar-refractivity contribution in [3.63, 3.8) is 0 Å². The molecule has 2 aromatic rings. The zero-order valence-electron chi connectivity index (χ0n) is 11.6. The molecule has 1 fully saturated rings. The van der Waals surface area contributed by atoms with Crippen molar-refractivity contribution in [2.45, 2.75) is 37.1 Å².